The summed E-state index contributed by atoms with van der Waals surface area (Å²) in [5.41, 5.74) is 1.14. The van der Waals surface area contributed by atoms with E-state index in [1.807, 2.05) is 25.1 Å². The smallest absolute Gasteiger partial charge is 0.244 e. The van der Waals surface area contributed by atoms with E-state index in [1.54, 1.807) is 30.5 Å². The average Bonchev–Trinajstić information content (AvgIpc) is 3.23. The summed E-state index contributed by atoms with van der Waals surface area (Å²) in [6, 6.07) is 12.1. The van der Waals surface area contributed by atoms with E-state index in [2.05, 4.69) is 10.3 Å². The predicted octanol–water partition coefficient (Wildman–Crippen LogP) is 6.11. The Morgan fingerprint density at radius 3 is 2.62 bits per heavy atom. The van der Waals surface area contributed by atoms with Crippen molar-refractivity contribution in [2.45, 2.75) is 26.2 Å². The molecule has 2 aromatic carbocycles. The van der Waals surface area contributed by atoms with Crippen molar-refractivity contribution in [1.29, 1.82) is 0 Å². The number of anilines is 1. The topological polar surface area (TPSA) is 75.4 Å². The number of oxazole rings is 1. The van der Waals surface area contributed by atoms with Gasteiger partial charge >= 0.3 is 0 Å². The van der Waals surface area contributed by atoms with Gasteiger partial charge in [0.05, 0.1) is 28.5 Å². The highest BCUT2D eigenvalue weighted by Crippen LogP contribution is 2.28. The normalized spacial score (nSPS) is 10.8. The lowest BCUT2D eigenvalue weighted by atomic mass is 10.2. The molecular formula is C23H22Cl3N3O3. The van der Waals surface area contributed by atoms with Crippen LogP contribution in [0.3, 0.4) is 0 Å². The van der Waals surface area contributed by atoms with Gasteiger partial charge in [-0.2, -0.15) is 0 Å². The molecule has 0 aliphatic rings. The van der Waals surface area contributed by atoms with Crippen LogP contribution < -0.4 is 5.32 Å². The molecular weight excluding hydrogens is 473 g/mol. The number of benzene rings is 2. The minimum absolute atomic E-state index is 0.0913. The molecule has 0 spiro atoms. The number of hydrogen-bond acceptors (Lipinski definition) is 4. The van der Waals surface area contributed by atoms with Crippen LogP contribution in [0.15, 0.2) is 53.1 Å². The van der Waals surface area contributed by atoms with Crippen molar-refractivity contribution in [1.82, 2.24) is 9.88 Å². The molecule has 6 nitrogen and oxygen atoms in total. The maximum Gasteiger partial charge on any atom is 0.244 e. The summed E-state index contributed by atoms with van der Waals surface area (Å²) < 4.78 is 5.75. The molecule has 0 saturated heterocycles. The SMILES string of the molecule is CCCN(CC(=O)Nc1cc(Cl)ccc1Cl)C(=O)CCc1ncc(-c2ccccc2Cl)o1. The second-order valence-corrected chi connectivity index (χ2v) is 8.34. The highest BCUT2D eigenvalue weighted by Gasteiger charge is 2.19. The molecule has 168 valence electrons. The number of amides is 2. The van der Waals surface area contributed by atoms with Crippen LogP contribution in [0.4, 0.5) is 5.69 Å². The summed E-state index contributed by atoms with van der Waals surface area (Å²) in [4.78, 5) is 31.0. The molecule has 2 amide bonds. The van der Waals surface area contributed by atoms with Crippen molar-refractivity contribution in [2.24, 2.45) is 0 Å². The third-order valence-electron chi connectivity index (χ3n) is 4.63. The molecule has 0 aliphatic carbocycles. The Labute approximate surface area is 201 Å². The lowest BCUT2D eigenvalue weighted by Crippen LogP contribution is -2.38. The third kappa shape index (κ3) is 6.48. The Morgan fingerprint density at radius 1 is 1.09 bits per heavy atom. The number of aromatic nitrogens is 1. The molecule has 9 heteroatoms. The van der Waals surface area contributed by atoms with Crippen LogP contribution in [0, 0.1) is 0 Å². The van der Waals surface area contributed by atoms with Gasteiger partial charge in [0.2, 0.25) is 11.8 Å². The van der Waals surface area contributed by atoms with Crippen LogP contribution in [-0.2, 0) is 16.0 Å². The van der Waals surface area contributed by atoms with Gasteiger partial charge in [-0.15, -0.1) is 0 Å². The first kappa shape index (κ1) is 24.1. The molecule has 0 atom stereocenters. The van der Waals surface area contributed by atoms with Crippen molar-refractivity contribution >= 4 is 52.3 Å². The van der Waals surface area contributed by atoms with Crippen LogP contribution in [0.5, 0.6) is 0 Å². The zero-order valence-electron chi connectivity index (χ0n) is 17.4. The zero-order valence-corrected chi connectivity index (χ0v) is 19.7. The van der Waals surface area contributed by atoms with Crippen LogP contribution in [0.25, 0.3) is 11.3 Å². The number of rotatable bonds is 9. The summed E-state index contributed by atoms with van der Waals surface area (Å²) in [7, 11) is 0. The summed E-state index contributed by atoms with van der Waals surface area (Å²) in [6.07, 6.45) is 2.78. The highest BCUT2D eigenvalue weighted by atomic mass is 35.5. The Hall–Kier alpha value is -2.54. The number of nitrogens with zero attached hydrogens (tertiary/aromatic N) is 2. The van der Waals surface area contributed by atoms with Gasteiger partial charge in [-0.1, -0.05) is 53.9 Å². The minimum atomic E-state index is -0.354. The van der Waals surface area contributed by atoms with E-state index < -0.39 is 0 Å². The molecule has 3 aromatic rings. The number of halogens is 3. The standard InChI is InChI=1S/C23H22Cl3N3O3/c1-2-11-29(14-21(30)28-19-12-15(24)7-8-18(19)26)23(31)10-9-22-27-13-20(32-22)16-5-3-4-6-17(16)25/h3-8,12-13H,2,9-11,14H2,1H3,(H,28,30). The van der Waals surface area contributed by atoms with Crippen molar-refractivity contribution in [2.75, 3.05) is 18.4 Å². The van der Waals surface area contributed by atoms with Crippen molar-refractivity contribution in [3.63, 3.8) is 0 Å². The quantitative estimate of drug-likeness (QED) is 0.389. The van der Waals surface area contributed by atoms with Crippen LogP contribution in [0.1, 0.15) is 25.7 Å². The number of carbonyl (C=O) groups excluding carboxylic acids is 2. The number of carbonyl (C=O) groups is 2. The first-order chi connectivity index (χ1) is 15.4. The molecule has 0 fully saturated rings. The second kappa shape index (κ2) is 11.4. The lowest BCUT2D eigenvalue weighted by molar-refractivity contribution is -0.134. The average molecular weight is 495 g/mol. The maximum absolute atomic E-state index is 12.8. The Morgan fingerprint density at radius 2 is 1.88 bits per heavy atom. The highest BCUT2D eigenvalue weighted by molar-refractivity contribution is 6.35. The van der Waals surface area contributed by atoms with Gasteiger partial charge in [0.15, 0.2) is 11.7 Å². The third-order valence-corrected chi connectivity index (χ3v) is 5.52. The van der Waals surface area contributed by atoms with Gasteiger partial charge in [-0.3, -0.25) is 9.59 Å². The zero-order chi connectivity index (χ0) is 23.1. The van der Waals surface area contributed by atoms with E-state index in [-0.39, 0.29) is 24.8 Å². The molecule has 0 aliphatic heterocycles. The summed E-state index contributed by atoms with van der Waals surface area (Å²) >= 11 is 18.2. The lowest BCUT2D eigenvalue weighted by Gasteiger charge is -2.21. The van der Waals surface area contributed by atoms with Crippen molar-refractivity contribution < 1.29 is 14.0 Å². The minimum Gasteiger partial charge on any atom is -0.441 e. The largest absolute Gasteiger partial charge is 0.441 e. The summed E-state index contributed by atoms with van der Waals surface area (Å²) in [6.45, 7) is 2.30. The van der Waals surface area contributed by atoms with Gasteiger partial charge in [-0.25, -0.2) is 4.98 Å². The van der Waals surface area contributed by atoms with E-state index >= 15 is 0 Å². The van der Waals surface area contributed by atoms with Crippen LogP contribution >= 0.6 is 34.8 Å². The molecule has 1 N–H and O–H groups in total. The van der Waals surface area contributed by atoms with Crippen molar-refractivity contribution in [3.05, 3.63) is 69.6 Å². The fourth-order valence-corrected chi connectivity index (χ4v) is 3.67. The number of hydrogen-bond donors (Lipinski definition) is 1. The van der Waals surface area contributed by atoms with E-state index in [1.165, 1.54) is 4.90 Å². The van der Waals surface area contributed by atoms with E-state index in [4.69, 9.17) is 39.2 Å². The molecule has 0 saturated carbocycles. The molecule has 0 bridgehead atoms. The predicted molar refractivity (Wildman–Crippen MR) is 127 cm³/mol. The van der Waals surface area contributed by atoms with Gasteiger partial charge in [0.1, 0.15) is 0 Å². The molecule has 0 unspecified atom stereocenters. The summed E-state index contributed by atoms with van der Waals surface area (Å²) in [5.74, 6) is 0.450. The van der Waals surface area contributed by atoms with Crippen LogP contribution in [-0.4, -0.2) is 34.8 Å². The van der Waals surface area contributed by atoms with Gasteiger partial charge in [0, 0.05) is 30.0 Å². The second-order valence-electron chi connectivity index (χ2n) is 7.09. The molecule has 32 heavy (non-hydrogen) atoms. The molecule has 1 aromatic heterocycles. The maximum atomic E-state index is 12.8. The Balaban J connectivity index is 1.59. The molecule has 1 heterocycles. The Bertz CT molecular complexity index is 1100. The van der Waals surface area contributed by atoms with Gasteiger partial charge in [0.25, 0.3) is 0 Å². The summed E-state index contributed by atoms with van der Waals surface area (Å²) in [5, 5.41) is 4.09. The number of aryl methyl sites for hydroxylation is 1. The van der Waals surface area contributed by atoms with E-state index in [9.17, 15) is 9.59 Å². The number of nitrogens with one attached hydrogen (secondary N) is 1. The van der Waals surface area contributed by atoms with Gasteiger partial charge in [-0.05, 0) is 36.8 Å². The first-order valence-electron chi connectivity index (χ1n) is 10.1. The fourth-order valence-electron chi connectivity index (χ4n) is 3.10. The van der Waals surface area contributed by atoms with Crippen LogP contribution in [0.2, 0.25) is 15.1 Å². The van der Waals surface area contributed by atoms with Crippen molar-refractivity contribution in [3.8, 4) is 11.3 Å². The van der Waals surface area contributed by atoms with E-state index in [0.29, 0.717) is 51.8 Å². The molecule has 3 rings (SSSR count). The first-order valence-corrected chi connectivity index (χ1v) is 11.2. The monoisotopic (exact) mass is 493 g/mol. The Kier molecular flexibility index (Phi) is 8.56. The fraction of sp³-hybridized carbons (Fsp3) is 0.261. The van der Waals surface area contributed by atoms with E-state index in [0.717, 1.165) is 5.56 Å². The van der Waals surface area contributed by atoms with Gasteiger partial charge < -0.3 is 14.6 Å². The molecule has 0 radical (unpaired) electrons.